The highest BCUT2D eigenvalue weighted by Crippen LogP contribution is 2.16. The summed E-state index contributed by atoms with van der Waals surface area (Å²) in [6.07, 6.45) is 0. The van der Waals surface area contributed by atoms with Crippen LogP contribution in [0.3, 0.4) is 0 Å². The Morgan fingerprint density at radius 1 is 1.43 bits per heavy atom. The average Bonchev–Trinajstić information content (AvgIpc) is 2.99. The maximum absolute atomic E-state index is 13.4. The number of nitrogens with zero attached hydrogens (tertiary/aromatic N) is 2. The number of carbonyl (C=O) groups excluding carboxylic acids is 1. The van der Waals surface area contributed by atoms with Crippen LogP contribution in [0.1, 0.15) is 25.6 Å². The maximum atomic E-state index is 13.4. The van der Waals surface area contributed by atoms with Crippen LogP contribution in [0, 0.1) is 11.7 Å². The second-order valence-corrected chi connectivity index (χ2v) is 5.31. The van der Waals surface area contributed by atoms with Gasteiger partial charge in [0.1, 0.15) is 0 Å². The minimum absolute atomic E-state index is 0.0300. The van der Waals surface area contributed by atoms with E-state index in [1.807, 2.05) is 13.8 Å². The van der Waals surface area contributed by atoms with Crippen molar-refractivity contribution in [2.24, 2.45) is 11.7 Å². The van der Waals surface area contributed by atoms with Crippen LogP contribution in [0.25, 0.3) is 0 Å². The van der Waals surface area contributed by atoms with E-state index in [9.17, 15) is 9.18 Å². The summed E-state index contributed by atoms with van der Waals surface area (Å²) in [4.78, 5) is 15.8. The largest absolute Gasteiger partial charge is 0.482 e. The molecule has 0 radical (unpaired) electrons. The summed E-state index contributed by atoms with van der Waals surface area (Å²) in [5.74, 6) is -0.141. The second-order valence-electron chi connectivity index (χ2n) is 5.31. The van der Waals surface area contributed by atoms with Crippen molar-refractivity contribution in [3.8, 4) is 5.75 Å². The minimum atomic E-state index is -0.596. The number of hydrogen-bond donors (Lipinski definition) is 2. The van der Waals surface area contributed by atoms with Crippen LogP contribution < -0.4 is 15.8 Å². The molecule has 0 unspecified atom stereocenters. The van der Waals surface area contributed by atoms with E-state index in [4.69, 9.17) is 15.0 Å². The molecule has 3 N–H and O–H groups in total. The third-order valence-electron chi connectivity index (χ3n) is 3.14. The Bertz CT molecular complexity index is 660. The van der Waals surface area contributed by atoms with Gasteiger partial charge in [0.05, 0.1) is 12.6 Å². The molecule has 7 nitrogen and oxygen atoms in total. The zero-order valence-electron chi connectivity index (χ0n) is 13.0. The molecule has 0 aliphatic carbocycles. The lowest BCUT2D eigenvalue weighted by Crippen LogP contribution is -2.43. The van der Waals surface area contributed by atoms with Crippen molar-refractivity contribution in [2.45, 2.75) is 33.0 Å². The van der Waals surface area contributed by atoms with Crippen molar-refractivity contribution in [2.75, 3.05) is 0 Å². The van der Waals surface area contributed by atoms with Gasteiger partial charge in [-0.25, -0.2) is 4.39 Å². The van der Waals surface area contributed by atoms with Crippen LogP contribution in [-0.4, -0.2) is 22.1 Å². The lowest BCUT2D eigenvalue weighted by Gasteiger charge is -2.14. The van der Waals surface area contributed by atoms with Crippen LogP contribution in [0.5, 0.6) is 5.75 Å². The van der Waals surface area contributed by atoms with Crippen LogP contribution >= 0.6 is 0 Å². The molecule has 0 spiro atoms. The molecule has 23 heavy (non-hydrogen) atoms. The number of nitrogens with two attached hydrogens (primary N) is 1. The van der Waals surface area contributed by atoms with Crippen molar-refractivity contribution in [3.63, 3.8) is 0 Å². The van der Waals surface area contributed by atoms with Gasteiger partial charge in [-0.2, -0.15) is 4.98 Å². The molecule has 0 aliphatic heterocycles. The number of rotatable bonds is 7. The predicted octanol–water partition coefficient (Wildman–Crippen LogP) is 1.39. The summed E-state index contributed by atoms with van der Waals surface area (Å²) in [5.41, 5.74) is 5.72. The summed E-state index contributed by atoms with van der Waals surface area (Å²) in [6.45, 7) is 3.75. The fourth-order valence-corrected chi connectivity index (χ4v) is 1.71. The number of para-hydroxylation sites is 1. The molecule has 1 amide bonds. The Kier molecular flexibility index (Phi) is 5.64. The second kappa shape index (κ2) is 7.68. The van der Waals surface area contributed by atoms with Gasteiger partial charge in [0.2, 0.25) is 17.6 Å². The highest BCUT2D eigenvalue weighted by Gasteiger charge is 2.17. The molecule has 0 aliphatic rings. The third kappa shape index (κ3) is 4.75. The van der Waals surface area contributed by atoms with Gasteiger partial charge < -0.3 is 20.3 Å². The molecule has 0 fully saturated rings. The van der Waals surface area contributed by atoms with E-state index in [2.05, 4.69) is 15.5 Å². The SMILES string of the molecule is CC(C)[C@H](N)C(=O)NCc1nc(COc2ccccc2F)no1. The summed E-state index contributed by atoms with van der Waals surface area (Å²) in [6, 6.07) is 5.43. The molecule has 2 aromatic rings. The zero-order chi connectivity index (χ0) is 16.8. The number of amides is 1. The van der Waals surface area contributed by atoms with Crippen molar-refractivity contribution in [1.82, 2.24) is 15.5 Å². The van der Waals surface area contributed by atoms with Gasteiger partial charge in [-0.15, -0.1) is 0 Å². The van der Waals surface area contributed by atoms with Crippen molar-refractivity contribution in [3.05, 3.63) is 41.8 Å². The highest BCUT2D eigenvalue weighted by molar-refractivity contribution is 5.81. The van der Waals surface area contributed by atoms with Crippen LogP contribution in [0.4, 0.5) is 4.39 Å². The summed E-state index contributed by atoms with van der Waals surface area (Å²) in [5, 5.41) is 6.32. The Labute approximate surface area is 133 Å². The first-order valence-electron chi connectivity index (χ1n) is 7.19. The molecular formula is C15H19FN4O3. The first-order chi connectivity index (χ1) is 11.0. The van der Waals surface area contributed by atoms with E-state index in [0.717, 1.165) is 0 Å². The van der Waals surface area contributed by atoms with E-state index < -0.39 is 11.9 Å². The first-order valence-corrected chi connectivity index (χ1v) is 7.19. The lowest BCUT2D eigenvalue weighted by molar-refractivity contribution is -0.123. The number of benzene rings is 1. The number of halogens is 1. The molecule has 1 aromatic carbocycles. The summed E-state index contributed by atoms with van der Waals surface area (Å²) >= 11 is 0. The zero-order valence-corrected chi connectivity index (χ0v) is 13.0. The molecule has 2 rings (SSSR count). The third-order valence-corrected chi connectivity index (χ3v) is 3.14. The Morgan fingerprint density at radius 2 is 2.17 bits per heavy atom. The Morgan fingerprint density at radius 3 is 2.87 bits per heavy atom. The lowest BCUT2D eigenvalue weighted by atomic mass is 10.1. The minimum Gasteiger partial charge on any atom is -0.482 e. The van der Waals surface area contributed by atoms with Crippen molar-refractivity contribution >= 4 is 5.91 Å². The molecule has 1 heterocycles. The van der Waals surface area contributed by atoms with Crippen molar-refractivity contribution < 1.29 is 18.4 Å². The maximum Gasteiger partial charge on any atom is 0.246 e. The van der Waals surface area contributed by atoms with E-state index in [0.29, 0.717) is 0 Å². The van der Waals surface area contributed by atoms with Crippen LogP contribution in [0.15, 0.2) is 28.8 Å². The molecule has 0 saturated carbocycles. The Balaban J connectivity index is 1.84. The standard InChI is InChI=1S/C15H19FN4O3/c1-9(2)14(17)15(21)18-7-13-19-12(20-23-13)8-22-11-6-4-3-5-10(11)16/h3-6,9,14H,7-8,17H2,1-2H3,(H,18,21)/t14-/m0/s1. The molecule has 1 atom stereocenters. The number of carbonyl (C=O) groups is 1. The number of nitrogens with one attached hydrogen (secondary N) is 1. The molecule has 124 valence electrons. The normalized spacial score (nSPS) is 12.2. The molecule has 1 aromatic heterocycles. The topological polar surface area (TPSA) is 103 Å². The van der Waals surface area contributed by atoms with Gasteiger partial charge in [0.25, 0.3) is 0 Å². The van der Waals surface area contributed by atoms with Crippen LogP contribution in [0.2, 0.25) is 0 Å². The monoisotopic (exact) mass is 322 g/mol. The molecule has 0 bridgehead atoms. The van der Waals surface area contributed by atoms with Gasteiger partial charge in [-0.1, -0.05) is 31.1 Å². The fourth-order valence-electron chi connectivity index (χ4n) is 1.71. The van der Waals surface area contributed by atoms with Crippen LogP contribution in [-0.2, 0) is 17.9 Å². The van der Waals surface area contributed by atoms with Gasteiger partial charge in [0, 0.05) is 0 Å². The van der Waals surface area contributed by atoms with Gasteiger partial charge in [0.15, 0.2) is 18.2 Å². The fraction of sp³-hybridized carbons (Fsp3) is 0.400. The smallest absolute Gasteiger partial charge is 0.246 e. The summed E-state index contributed by atoms with van der Waals surface area (Å²) in [7, 11) is 0. The quantitative estimate of drug-likeness (QED) is 0.798. The van der Waals surface area contributed by atoms with Gasteiger partial charge in [-0.05, 0) is 18.1 Å². The van der Waals surface area contributed by atoms with E-state index in [-0.39, 0.29) is 42.4 Å². The number of hydrogen-bond acceptors (Lipinski definition) is 6. The molecular weight excluding hydrogens is 303 g/mol. The molecule has 8 heteroatoms. The first kappa shape index (κ1) is 16.9. The Hall–Kier alpha value is -2.48. The van der Waals surface area contributed by atoms with E-state index >= 15 is 0 Å². The van der Waals surface area contributed by atoms with E-state index in [1.54, 1.807) is 12.1 Å². The molecule has 0 saturated heterocycles. The summed E-state index contributed by atoms with van der Waals surface area (Å²) < 4.78 is 23.6. The predicted molar refractivity (Wildman–Crippen MR) is 79.7 cm³/mol. The highest BCUT2D eigenvalue weighted by atomic mass is 19.1. The average molecular weight is 322 g/mol. The van der Waals surface area contributed by atoms with Gasteiger partial charge in [-0.3, -0.25) is 4.79 Å². The number of aromatic nitrogens is 2. The van der Waals surface area contributed by atoms with E-state index in [1.165, 1.54) is 12.1 Å². The van der Waals surface area contributed by atoms with Gasteiger partial charge >= 0.3 is 0 Å². The number of ether oxygens (including phenoxy) is 1. The van der Waals surface area contributed by atoms with Crippen molar-refractivity contribution in [1.29, 1.82) is 0 Å².